The first-order chi connectivity index (χ1) is 13.7. The first-order valence-corrected chi connectivity index (χ1v) is 9.57. The van der Waals surface area contributed by atoms with E-state index in [0.29, 0.717) is 30.8 Å². The van der Waals surface area contributed by atoms with E-state index in [1.807, 2.05) is 18.1 Å². The number of carbonyl (C=O) groups excluding carboxylic acids is 1. The van der Waals surface area contributed by atoms with Gasteiger partial charge in [-0.05, 0) is 25.0 Å². The zero-order valence-electron chi connectivity index (χ0n) is 15.9. The molecule has 0 spiro atoms. The zero-order chi connectivity index (χ0) is 19.3. The molecule has 8 nitrogen and oxygen atoms in total. The molecule has 1 aliphatic carbocycles. The van der Waals surface area contributed by atoms with Gasteiger partial charge in [0.15, 0.2) is 0 Å². The van der Waals surface area contributed by atoms with Gasteiger partial charge in [0.1, 0.15) is 18.2 Å². The van der Waals surface area contributed by atoms with E-state index in [2.05, 4.69) is 43.2 Å². The van der Waals surface area contributed by atoms with Crippen molar-refractivity contribution in [3.63, 3.8) is 0 Å². The molecule has 1 N–H and O–H groups in total. The summed E-state index contributed by atoms with van der Waals surface area (Å²) in [5.74, 6) is 1.97. The number of pyridine rings is 1. The quantitative estimate of drug-likeness (QED) is 0.474. The van der Waals surface area contributed by atoms with Crippen LogP contribution in [-0.2, 0) is 9.53 Å². The van der Waals surface area contributed by atoms with E-state index in [0.717, 1.165) is 11.2 Å². The molecular formula is C20H24N6O2. The normalized spacial score (nSPS) is 14.3. The third kappa shape index (κ3) is 3.90. The van der Waals surface area contributed by atoms with Crippen LogP contribution in [0.5, 0.6) is 0 Å². The summed E-state index contributed by atoms with van der Waals surface area (Å²) in [5, 5.41) is 4.43. The van der Waals surface area contributed by atoms with Crippen molar-refractivity contribution in [1.82, 2.24) is 19.5 Å². The standard InChI is InChI=1S/C20H24N6O2/c1-25(10-11-28-14-27)20-21-8-6-18(24-20)23-19-12-17-15(13-22-19)7-9-26(17)16-4-2-3-5-16/h6-9,12-14,16H,2-5,10-11H2,1H3,(H,21,22,23,24). The van der Waals surface area contributed by atoms with Crippen LogP contribution in [0.25, 0.3) is 10.9 Å². The molecule has 0 bridgehead atoms. The molecule has 1 fully saturated rings. The van der Waals surface area contributed by atoms with Crippen molar-refractivity contribution in [1.29, 1.82) is 0 Å². The Morgan fingerprint density at radius 3 is 2.96 bits per heavy atom. The minimum Gasteiger partial charge on any atom is -0.466 e. The van der Waals surface area contributed by atoms with Gasteiger partial charge in [-0.1, -0.05) is 12.8 Å². The molecule has 4 rings (SSSR count). The Bertz CT molecular complexity index is 951. The summed E-state index contributed by atoms with van der Waals surface area (Å²) in [6.45, 7) is 1.24. The zero-order valence-corrected chi connectivity index (χ0v) is 15.9. The largest absolute Gasteiger partial charge is 0.466 e. The molecule has 8 heteroatoms. The summed E-state index contributed by atoms with van der Waals surface area (Å²) in [6.07, 6.45) is 10.8. The molecule has 3 heterocycles. The van der Waals surface area contributed by atoms with Gasteiger partial charge in [-0.15, -0.1) is 0 Å². The molecule has 0 unspecified atom stereocenters. The SMILES string of the molecule is CN(CCOC=O)c1nccc(Nc2cc3c(ccn3C3CCCC3)cn2)n1. The molecule has 3 aromatic rings. The Morgan fingerprint density at radius 1 is 1.29 bits per heavy atom. The fourth-order valence-corrected chi connectivity index (χ4v) is 3.69. The minimum atomic E-state index is 0.289. The lowest BCUT2D eigenvalue weighted by Gasteiger charge is -2.17. The molecule has 1 saturated carbocycles. The molecule has 0 atom stereocenters. The second-order valence-electron chi connectivity index (χ2n) is 7.05. The van der Waals surface area contributed by atoms with Gasteiger partial charge < -0.3 is 19.5 Å². The average Bonchev–Trinajstić information content (AvgIpc) is 3.37. The van der Waals surface area contributed by atoms with Crippen molar-refractivity contribution in [2.24, 2.45) is 0 Å². The fourth-order valence-electron chi connectivity index (χ4n) is 3.69. The van der Waals surface area contributed by atoms with Crippen LogP contribution in [0.1, 0.15) is 31.7 Å². The molecule has 0 amide bonds. The Hall–Kier alpha value is -3.16. The Labute approximate surface area is 163 Å². The molecular weight excluding hydrogens is 356 g/mol. The third-order valence-electron chi connectivity index (χ3n) is 5.18. The molecule has 0 aliphatic heterocycles. The van der Waals surface area contributed by atoms with Crippen molar-refractivity contribution < 1.29 is 9.53 Å². The van der Waals surface area contributed by atoms with Crippen molar-refractivity contribution in [3.8, 4) is 0 Å². The van der Waals surface area contributed by atoms with Crippen LogP contribution in [0.2, 0.25) is 0 Å². The minimum absolute atomic E-state index is 0.289. The number of nitrogens with one attached hydrogen (secondary N) is 1. The number of fused-ring (bicyclic) bond motifs is 1. The number of hydrogen-bond acceptors (Lipinski definition) is 7. The summed E-state index contributed by atoms with van der Waals surface area (Å²) in [5.41, 5.74) is 1.20. The van der Waals surface area contributed by atoms with Crippen LogP contribution in [-0.4, -0.2) is 46.2 Å². The average molecular weight is 380 g/mol. The summed E-state index contributed by atoms with van der Waals surface area (Å²) in [6, 6.07) is 6.60. The van der Waals surface area contributed by atoms with Crippen molar-refractivity contribution in [2.45, 2.75) is 31.7 Å². The van der Waals surface area contributed by atoms with Crippen molar-refractivity contribution in [3.05, 3.63) is 36.8 Å². The van der Waals surface area contributed by atoms with Crippen LogP contribution in [0, 0.1) is 0 Å². The molecule has 146 valence electrons. The van der Waals surface area contributed by atoms with Crippen LogP contribution in [0.15, 0.2) is 36.8 Å². The van der Waals surface area contributed by atoms with E-state index in [1.165, 1.54) is 31.2 Å². The molecule has 1 aliphatic rings. The highest BCUT2D eigenvalue weighted by Crippen LogP contribution is 2.33. The summed E-state index contributed by atoms with van der Waals surface area (Å²) < 4.78 is 7.11. The first-order valence-electron chi connectivity index (χ1n) is 9.57. The van der Waals surface area contributed by atoms with E-state index >= 15 is 0 Å². The second-order valence-corrected chi connectivity index (χ2v) is 7.05. The number of aromatic nitrogens is 4. The van der Waals surface area contributed by atoms with Gasteiger partial charge in [-0.25, -0.2) is 9.97 Å². The van der Waals surface area contributed by atoms with E-state index in [4.69, 9.17) is 4.74 Å². The number of likely N-dealkylation sites (N-methyl/N-ethyl adjacent to an activating group) is 1. The second kappa shape index (κ2) is 8.24. The summed E-state index contributed by atoms with van der Waals surface area (Å²) >= 11 is 0. The van der Waals surface area contributed by atoms with Crippen LogP contribution < -0.4 is 10.2 Å². The number of carbonyl (C=O) groups is 1. The molecule has 28 heavy (non-hydrogen) atoms. The number of rotatable bonds is 8. The van der Waals surface area contributed by atoms with Gasteiger partial charge in [-0.3, -0.25) is 4.79 Å². The summed E-state index contributed by atoms with van der Waals surface area (Å²) in [7, 11) is 1.85. The highest BCUT2D eigenvalue weighted by Gasteiger charge is 2.18. The van der Waals surface area contributed by atoms with E-state index < -0.39 is 0 Å². The maximum atomic E-state index is 10.3. The van der Waals surface area contributed by atoms with Gasteiger partial charge in [0, 0.05) is 43.1 Å². The first kappa shape index (κ1) is 18.2. The van der Waals surface area contributed by atoms with Gasteiger partial charge in [0.2, 0.25) is 5.95 Å². The lowest BCUT2D eigenvalue weighted by molar-refractivity contribution is -0.128. The monoisotopic (exact) mass is 380 g/mol. The van der Waals surface area contributed by atoms with Gasteiger partial charge >= 0.3 is 0 Å². The van der Waals surface area contributed by atoms with E-state index in [1.54, 1.807) is 12.3 Å². The van der Waals surface area contributed by atoms with Crippen molar-refractivity contribution >= 4 is 35.0 Å². The summed E-state index contributed by atoms with van der Waals surface area (Å²) in [4.78, 5) is 25.4. The highest BCUT2D eigenvalue weighted by atomic mass is 16.5. The maximum Gasteiger partial charge on any atom is 0.293 e. The lowest BCUT2D eigenvalue weighted by atomic mass is 10.2. The number of nitrogens with zero attached hydrogens (tertiary/aromatic N) is 5. The van der Waals surface area contributed by atoms with E-state index in [-0.39, 0.29) is 6.61 Å². The molecule has 0 radical (unpaired) electrons. The predicted molar refractivity (Wildman–Crippen MR) is 108 cm³/mol. The number of ether oxygens (including phenoxy) is 1. The van der Waals surface area contributed by atoms with Gasteiger partial charge in [0.05, 0.1) is 12.1 Å². The van der Waals surface area contributed by atoms with Crippen molar-refractivity contribution in [2.75, 3.05) is 30.4 Å². The third-order valence-corrected chi connectivity index (χ3v) is 5.18. The highest BCUT2D eigenvalue weighted by molar-refractivity contribution is 5.82. The fraction of sp³-hybridized carbons (Fsp3) is 0.400. The Morgan fingerprint density at radius 2 is 2.14 bits per heavy atom. The number of anilines is 3. The maximum absolute atomic E-state index is 10.3. The lowest BCUT2D eigenvalue weighted by Crippen LogP contribution is -2.24. The van der Waals surface area contributed by atoms with Crippen LogP contribution >= 0.6 is 0 Å². The van der Waals surface area contributed by atoms with Crippen LogP contribution in [0.4, 0.5) is 17.6 Å². The predicted octanol–water partition coefficient (Wildman–Crippen LogP) is 3.29. The molecule has 3 aromatic heterocycles. The molecule has 0 aromatic carbocycles. The molecule has 0 saturated heterocycles. The van der Waals surface area contributed by atoms with E-state index in [9.17, 15) is 4.79 Å². The van der Waals surface area contributed by atoms with Gasteiger partial charge in [-0.2, -0.15) is 4.98 Å². The van der Waals surface area contributed by atoms with Gasteiger partial charge in [0.25, 0.3) is 6.47 Å². The van der Waals surface area contributed by atoms with Crippen LogP contribution in [0.3, 0.4) is 0 Å². The Kier molecular flexibility index (Phi) is 5.36. The smallest absolute Gasteiger partial charge is 0.293 e. The topological polar surface area (TPSA) is 85.2 Å². The Balaban J connectivity index is 1.52. The number of hydrogen-bond donors (Lipinski definition) is 1.